The second-order valence-electron chi connectivity index (χ2n) is 7.36. The Hall–Kier alpha value is -2.63. The summed E-state index contributed by atoms with van der Waals surface area (Å²) in [5, 5.41) is 14.0. The van der Waals surface area contributed by atoms with Crippen molar-refractivity contribution >= 4 is 81.3 Å². The van der Waals surface area contributed by atoms with Crippen LogP contribution >= 0.6 is 37.2 Å². The summed E-state index contributed by atoms with van der Waals surface area (Å²) < 4.78 is 25.4. The van der Waals surface area contributed by atoms with Crippen LogP contribution in [-0.4, -0.2) is 35.2 Å². The highest BCUT2D eigenvalue weighted by molar-refractivity contribution is 7.89. The molecule has 0 aliphatic carbocycles. The third-order valence-electron chi connectivity index (χ3n) is 5.24. The second-order valence-corrected chi connectivity index (χ2v) is 8.89. The van der Waals surface area contributed by atoms with E-state index < -0.39 is 10.0 Å². The fourth-order valence-corrected chi connectivity index (χ4v) is 4.18. The molecule has 2 heterocycles. The van der Waals surface area contributed by atoms with Gasteiger partial charge in [-0.25, -0.2) is 18.5 Å². The van der Waals surface area contributed by atoms with Crippen molar-refractivity contribution in [1.82, 2.24) is 19.7 Å². The lowest BCUT2D eigenvalue weighted by atomic mass is 10.2. The van der Waals surface area contributed by atoms with Crippen LogP contribution < -0.4 is 15.4 Å². The van der Waals surface area contributed by atoms with Gasteiger partial charge in [0.1, 0.15) is 5.82 Å². The average molecular weight is 547 g/mol. The third-order valence-corrected chi connectivity index (χ3v) is 6.29. The lowest BCUT2D eigenvalue weighted by molar-refractivity contribution is 0.597. The number of nitrogens with zero attached hydrogens (tertiary/aromatic N) is 5. The lowest BCUT2D eigenvalue weighted by Gasteiger charge is -2.19. The molecule has 0 spiro atoms. The van der Waals surface area contributed by atoms with Crippen molar-refractivity contribution in [3.05, 3.63) is 59.9 Å². The van der Waals surface area contributed by atoms with Gasteiger partial charge < -0.3 is 10.2 Å². The number of anilines is 4. The number of hydrogen-bond donors (Lipinski definition) is 2. The Morgan fingerprint density at radius 3 is 2.41 bits per heavy atom. The van der Waals surface area contributed by atoms with Crippen LogP contribution in [-0.2, 0) is 17.1 Å². The summed E-state index contributed by atoms with van der Waals surface area (Å²) in [5.41, 5.74) is 4.05. The zero-order valence-corrected chi connectivity index (χ0v) is 22.1. The number of sulfonamides is 1. The quantitative estimate of drug-likeness (QED) is 0.381. The molecule has 34 heavy (non-hydrogen) atoms. The minimum absolute atomic E-state index is 0. The van der Waals surface area contributed by atoms with E-state index in [4.69, 9.17) is 5.14 Å². The largest absolute Gasteiger partial charge is 0.329 e. The van der Waals surface area contributed by atoms with Crippen LogP contribution in [0.2, 0.25) is 0 Å². The summed E-state index contributed by atoms with van der Waals surface area (Å²) >= 11 is 0. The average Bonchev–Trinajstić information content (AvgIpc) is 3.01. The molecular formula is C21H26Cl3N7O2S. The van der Waals surface area contributed by atoms with E-state index >= 15 is 0 Å². The highest BCUT2D eigenvalue weighted by atomic mass is 35.5. The maximum atomic E-state index is 11.8. The Morgan fingerprint density at radius 2 is 1.74 bits per heavy atom. The zero-order valence-electron chi connectivity index (χ0n) is 18.9. The topological polar surface area (TPSA) is 119 Å². The fourth-order valence-electron chi connectivity index (χ4n) is 3.37. The number of hydrogen-bond acceptors (Lipinski definition) is 7. The van der Waals surface area contributed by atoms with Crippen LogP contribution in [0.25, 0.3) is 10.9 Å². The molecule has 3 N–H and O–H groups in total. The first-order chi connectivity index (χ1) is 14.6. The number of rotatable bonds is 5. The van der Waals surface area contributed by atoms with E-state index in [1.165, 1.54) is 6.07 Å². The van der Waals surface area contributed by atoms with E-state index in [0.717, 1.165) is 22.3 Å². The molecule has 0 unspecified atom stereocenters. The number of nitrogens with one attached hydrogen (secondary N) is 1. The molecule has 0 atom stereocenters. The maximum absolute atomic E-state index is 11.8. The van der Waals surface area contributed by atoms with E-state index in [0.29, 0.717) is 23.0 Å². The number of nitrogens with two attached hydrogens (primary N) is 1. The summed E-state index contributed by atoms with van der Waals surface area (Å²) in [6.45, 7) is 3.73. The van der Waals surface area contributed by atoms with Gasteiger partial charge in [-0.1, -0.05) is 6.07 Å². The molecule has 4 rings (SSSR count). The Labute approximate surface area is 217 Å². The number of primary sulfonamides is 1. The SMILES string of the molecule is Cc1ccc(Nc2nccc(N(C)c3ccc4c(C)n(C)nc4c3)n2)cc1S(N)(=O)=O.Cl.Cl.Cl. The van der Waals surface area contributed by atoms with Gasteiger partial charge >= 0.3 is 0 Å². The van der Waals surface area contributed by atoms with Crippen LogP contribution in [0.4, 0.5) is 23.1 Å². The van der Waals surface area contributed by atoms with Gasteiger partial charge in [0.2, 0.25) is 16.0 Å². The molecule has 0 aliphatic heterocycles. The monoisotopic (exact) mass is 545 g/mol. The molecule has 13 heteroatoms. The van der Waals surface area contributed by atoms with Crippen LogP contribution in [0.15, 0.2) is 53.6 Å². The van der Waals surface area contributed by atoms with Crippen molar-refractivity contribution in [2.45, 2.75) is 18.7 Å². The smallest absolute Gasteiger partial charge is 0.238 e. The molecule has 0 radical (unpaired) electrons. The first kappa shape index (κ1) is 29.4. The highest BCUT2D eigenvalue weighted by Gasteiger charge is 2.14. The van der Waals surface area contributed by atoms with Crippen molar-refractivity contribution in [2.24, 2.45) is 12.2 Å². The van der Waals surface area contributed by atoms with Gasteiger partial charge in [0, 0.05) is 42.7 Å². The molecule has 0 bridgehead atoms. The predicted octanol–water partition coefficient (Wildman–Crippen LogP) is 4.40. The van der Waals surface area contributed by atoms with Crippen molar-refractivity contribution in [3.8, 4) is 0 Å². The molecule has 0 saturated heterocycles. The van der Waals surface area contributed by atoms with Crippen LogP contribution in [0, 0.1) is 13.8 Å². The van der Waals surface area contributed by atoms with E-state index in [-0.39, 0.29) is 42.1 Å². The summed E-state index contributed by atoms with van der Waals surface area (Å²) in [4.78, 5) is 10.8. The summed E-state index contributed by atoms with van der Waals surface area (Å²) in [6, 6.07) is 12.8. The molecular weight excluding hydrogens is 521 g/mol. The van der Waals surface area contributed by atoms with E-state index in [9.17, 15) is 8.42 Å². The van der Waals surface area contributed by atoms with Gasteiger partial charge in [0.15, 0.2) is 0 Å². The van der Waals surface area contributed by atoms with Gasteiger partial charge in [-0.3, -0.25) is 4.68 Å². The highest BCUT2D eigenvalue weighted by Crippen LogP contribution is 2.28. The minimum Gasteiger partial charge on any atom is -0.329 e. The van der Waals surface area contributed by atoms with Crippen molar-refractivity contribution in [3.63, 3.8) is 0 Å². The number of aromatic nitrogens is 4. The summed E-state index contributed by atoms with van der Waals surface area (Å²) in [6.07, 6.45) is 1.64. The Balaban J connectivity index is 0.00000193. The number of halogens is 3. The molecule has 0 aliphatic rings. The molecule has 0 saturated carbocycles. The third kappa shape index (κ3) is 5.89. The maximum Gasteiger partial charge on any atom is 0.238 e. The normalized spacial score (nSPS) is 10.6. The number of benzene rings is 2. The van der Waals surface area contributed by atoms with Crippen LogP contribution in [0.3, 0.4) is 0 Å². The Bertz CT molecular complexity index is 1410. The molecule has 0 amide bonds. The van der Waals surface area contributed by atoms with Gasteiger partial charge in [-0.2, -0.15) is 10.1 Å². The molecule has 0 fully saturated rings. The van der Waals surface area contributed by atoms with E-state index in [1.807, 2.05) is 48.8 Å². The molecule has 2 aromatic carbocycles. The summed E-state index contributed by atoms with van der Waals surface area (Å²) in [5.74, 6) is 1.01. The van der Waals surface area contributed by atoms with Crippen LogP contribution in [0.5, 0.6) is 0 Å². The fraction of sp³-hybridized carbons (Fsp3) is 0.190. The second kappa shape index (κ2) is 11.2. The number of fused-ring (bicyclic) bond motifs is 1. The van der Waals surface area contributed by atoms with Gasteiger partial charge in [0.25, 0.3) is 0 Å². The van der Waals surface area contributed by atoms with Gasteiger partial charge in [0.05, 0.1) is 10.4 Å². The number of aryl methyl sites for hydroxylation is 3. The molecule has 2 aromatic heterocycles. The Morgan fingerprint density at radius 1 is 1.03 bits per heavy atom. The standard InChI is InChI=1S/C21H23N7O2S.3ClH/c1-13-5-6-15(11-19(13)31(22,29)30)24-21-23-10-9-20(25-21)27(3)16-7-8-17-14(2)28(4)26-18(17)12-16;;;/h5-12H,1-4H3,(H2,22,29,30)(H,23,24,25);3*1H. The van der Waals surface area contributed by atoms with Gasteiger partial charge in [-0.15, -0.1) is 37.2 Å². The van der Waals surface area contributed by atoms with Gasteiger partial charge in [-0.05, 0) is 55.8 Å². The zero-order chi connectivity index (χ0) is 22.3. The van der Waals surface area contributed by atoms with Crippen molar-refractivity contribution in [2.75, 3.05) is 17.3 Å². The molecule has 9 nitrogen and oxygen atoms in total. The van der Waals surface area contributed by atoms with E-state index in [1.54, 1.807) is 31.3 Å². The first-order valence-corrected chi connectivity index (χ1v) is 11.1. The van der Waals surface area contributed by atoms with Crippen molar-refractivity contribution in [1.29, 1.82) is 0 Å². The van der Waals surface area contributed by atoms with Crippen molar-refractivity contribution < 1.29 is 8.42 Å². The molecule has 184 valence electrons. The first-order valence-electron chi connectivity index (χ1n) is 9.54. The predicted molar refractivity (Wildman–Crippen MR) is 143 cm³/mol. The minimum atomic E-state index is -3.82. The lowest BCUT2D eigenvalue weighted by Crippen LogP contribution is -2.14. The Kier molecular flexibility index (Phi) is 9.68. The van der Waals surface area contributed by atoms with Crippen LogP contribution in [0.1, 0.15) is 11.3 Å². The molecule has 4 aromatic rings. The summed E-state index contributed by atoms with van der Waals surface area (Å²) in [7, 11) is 0.0129. The van der Waals surface area contributed by atoms with E-state index in [2.05, 4.69) is 20.4 Å².